The lowest BCUT2D eigenvalue weighted by molar-refractivity contribution is -0.116. The molecule has 2 heterocycles. The predicted molar refractivity (Wildman–Crippen MR) is 54.3 cm³/mol. The van der Waals surface area contributed by atoms with Gasteiger partial charge in [-0.15, -0.1) is 0 Å². The summed E-state index contributed by atoms with van der Waals surface area (Å²) in [6.07, 6.45) is 4.13. The molecule has 14 heavy (non-hydrogen) atoms. The summed E-state index contributed by atoms with van der Waals surface area (Å²) < 4.78 is 1.81. The average molecular weight is 188 g/mol. The number of ketones is 1. The van der Waals surface area contributed by atoms with E-state index in [-0.39, 0.29) is 5.78 Å². The Balaban J connectivity index is 2.61. The highest BCUT2D eigenvalue weighted by Gasteiger charge is 2.07. The number of nitrogens with zero attached hydrogens (tertiary/aromatic N) is 2. The first-order valence-electron chi connectivity index (χ1n) is 4.60. The quantitative estimate of drug-likeness (QED) is 0.719. The van der Waals surface area contributed by atoms with Crippen LogP contribution in [0.3, 0.4) is 0 Å². The number of Topliss-reactive ketones (excluding diaryl/α,β-unsaturated/α-hetero) is 1. The van der Waals surface area contributed by atoms with Crippen LogP contribution in [0, 0.1) is 6.92 Å². The number of carbonyl (C=O) groups is 1. The average Bonchev–Trinajstić information content (AvgIpc) is 2.49. The van der Waals surface area contributed by atoms with Crippen molar-refractivity contribution in [2.75, 3.05) is 0 Å². The second-order valence-electron chi connectivity index (χ2n) is 3.53. The molecule has 0 bridgehead atoms. The lowest BCUT2D eigenvalue weighted by Crippen LogP contribution is -1.96. The fraction of sp³-hybridized carbons (Fsp3) is 0.273. The van der Waals surface area contributed by atoms with Crippen molar-refractivity contribution in [3.63, 3.8) is 0 Å². The molecule has 0 atom stereocenters. The zero-order chi connectivity index (χ0) is 10.1. The minimum atomic E-state index is 0.170. The normalized spacial score (nSPS) is 10.7. The van der Waals surface area contributed by atoms with Gasteiger partial charge in [0.2, 0.25) is 0 Å². The summed E-state index contributed by atoms with van der Waals surface area (Å²) >= 11 is 0. The maximum absolute atomic E-state index is 11.0. The van der Waals surface area contributed by atoms with Crippen molar-refractivity contribution in [2.45, 2.75) is 20.3 Å². The van der Waals surface area contributed by atoms with Gasteiger partial charge >= 0.3 is 0 Å². The van der Waals surface area contributed by atoms with Crippen LogP contribution in [0.5, 0.6) is 0 Å². The van der Waals surface area contributed by atoms with Crippen LogP contribution in [0.2, 0.25) is 0 Å². The number of carbonyl (C=O) groups excluding carboxylic acids is 1. The number of aromatic nitrogens is 2. The molecule has 2 aromatic rings. The summed E-state index contributed by atoms with van der Waals surface area (Å²) in [5.41, 5.74) is 3.22. The van der Waals surface area contributed by atoms with Crippen LogP contribution in [-0.4, -0.2) is 15.4 Å². The molecule has 2 rings (SSSR count). The number of hydrogen-bond donors (Lipinski definition) is 0. The number of aryl methyl sites for hydroxylation is 1. The third-order valence-electron chi connectivity index (χ3n) is 2.26. The molecule has 0 spiro atoms. The van der Waals surface area contributed by atoms with Gasteiger partial charge in [-0.1, -0.05) is 6.07 Å². The Labute approximate surface area is 82.4 Å². The van der Waals surface area contributed by atoms with Gasteiger partial charge in [-0.2, -0.15) is 5.10 Å². The van der Waals surface area contributed by atoms with Gasteiger partial charge in [0.25, 0.3) is 0 Å². The van der Waals surface area contributed by atoms with Gasteiger partial charge in [-0.3, -0.25) is 4.79 Å². The van der Waals surface area contributed by atoms with E-state index < -0.39 is 0 Å². The van der Waals surface area contributed by atoms with Crippen molar-refractivity contribution in [3.8, 4) is 0 Å². The standard InChI is InChI=1S/C11H12N2O/c1-8-4-3-5-13-11(8)10(7-12-13)6-9(2)14/h3-5,7H,6H2,1-2H3. The molecule has 0 aliphatic heterocycles. The van der Waals surface area contributed by atoms with Gasteiger partial charge in [0.15, 0.2) is 0 Å². The second-order valence-corrected chi connectivity index (χ2v) is 3.53. The summed E-state index contributed by atoms with van der Waals surface area (Å²) in [5.74, 6) is 0.170. The van der Waals surface area contributed by atoms with Crippen LogP contribution in [0.25, 0.3) is 5.52 Å². The van der Waals surface area contributed by atoms with E-state index in [0.29, 0.717) is 6.42 Å². The van der Waals surface area contributed by atoms with Crippen LogP contribution in [0.4, 0.5) is 0 Å². The zero-order valence-electron chi connectivity index (χ0n) is 8.32. The van der Waals surface area contributed by atoms with Crippen molar-refractivity contribution < 1.29 is 4.79 Å². The Morgan fingerprint density at radius 2 is 2.36 bits per heavy atom. The van der Waals surface area contributed by atoms with Gasteiger partial charge in [-0.25, -0.2) is 4.52 Å². The summed E-state index contributed by atoms with van der Waals surface area (Å²) in [4.78, 5) is 11.0. The number of rotatable bonds is 2. The smallest absolute Gasteiger partial charge is 0.134 e. The molecule has 3 nitrogen and oxygen atoms in total. The number of hydrogen-bond acceptors (Lipinski definition) is 2. The van der Waals surface area contributed by atoms with E-state index in [2.05, 4.69) is 5.10 Å². The van der Waals surface area contributed by atoms with E-state index in [4.69, 9.17) is 0 Å². The fourth-order valence-electron chi connectivity index (χ4n) is 1.69. The molecule has 0 aromatic carbocycles. The fourth-order valence-corrected chi connectivity index (χ4v) is 1.69. The Morgan fingerprint density at radius 1 is 1.57 bits per heavy atom. The van der Waals surface area contributed by atoms with Crippen LogP contribution in [0.15, 0.2) is 24.5 Å². The van der Waals surface area contributed by atoms with Gasteiger partial charge in [-0.05, 0) is 25.5 Å². The van der Waals surface area contributed by atoms with Crippen LogP contribution in [-0.2, 0) is 11.2 Å². The van der Waals surface area contributed by atoms with E-state index in [9.17, 15) is 4.79 Å². The molecule has 0 fully saturated rings. The van der Waals surface area contributed by atoms with E-state index in [1.54, 1.807) is 13.1 Å². The number of pyridine rings is 1. The highest BCUT2D eigenvalue weighted by atomic mass is 16.1. The molecule has 0 saturated heterocycles. The monoisotopic (exact) mass is 188 g/mol. The molecular formula is C11H12N2O. The Morgan fingerprint density at radius 3 is 3.07 bits per heavy atom. The second kappa shape index (κ2) is 3.25. The van der Waals surface area contributed by atoms with E-state index in [1.165, 1.54) is 0 Å². The minimum Gasteiger partial charge on any atom is -0.300 e. The van der Waals surface area contributed by atoms with Crippen molar-refractivity contribution in [3.05, 3.63) is 35.7 Å². The minimum absolute atomic E-state index is 0.170. The van der Waals surface area contributed by atoms with Gasteiger partial charge in [0, 0.05) is 18.2 Å². The first-order valence-corrected chi connectivity index (χ1v) is 4.60. The summed E-state index contributed by atoms with van der Waals surface area (Å²) in [7, 11) is 0. The van der Waals surface area contributed by atoms with Crippen molar-refractivity contribution in [2.24, 2.45) is 0 Å². The molecule has 0 radical (unpaired) electrons. The Kier molecular flexibility index (Phi) is 2.08. The lowest BCUT2D eigenvalue weighted by Gasteiger charge is -1.99. The molecule has 0 saturated carbocycles. The topological polar surface area (TPSA) is 34.4 Å². The largest absolute Gasteiger partial charge is 0.300 e. The molecule has 3 heteroatoms. The Bertz CT molecular complexity index is 485. The molecule has 0 amide bonds. The third kappa shape index (κ3) is 1.41. The first kappa shape index (κ1) is 8.94. The SMILES string of the molecule is CC(=O)Cc1cnn2cccc(C)c12. The predicted octanol–water partition coefficient (Wildman–Crippen LogP) is 1.77. The third-order valence-corrected chi connectivity index (χ3v) is 2.26. The van der Waals surface area contributed by atoms with E-state index in [0.717, 1.165) is 16.6 Å². The van der Waals surface area contributed by atoms with Crippen LogP contribution < -0.4 is 0 Å². The molecule has 0 unspecified atom stereocenters. The summed E-state index contributed by atoms with van der Waals surface area (Å²) in [6.45, 7) is 3.63. The summed E-state index contributed by atoms with van der Waals surface area (Å²) in [6, 6.07) is 3.98. The van der Waals surface area contributed by atoms with Crippen LogP contribution >= 0.6 is 0 Å². The highest BCUT2D eigenvalue weighted by Crippen LogP contribution is 2.15. The van der Waals surface area contributed by atoms with E-state index >= 15 is 0 Å². The lowest BCUT2D eigenvalue weighted by atomic mass is 10.1. The summed E-state index contributed by atoms with van der Waals surface area (Å²) in [5, 5.41) is 4.20. The molecule has 72 valence electrons. The zero-order valence-corrected chi connectivity index (χ0v) is 8.32. The Hall–Kier alpha value is -1.64. The maximum Gasteiger partial charge on any atom is 0.134 e. The number of fused-ring (bicyclic) bond motifs is 1. The highest BCUT2D eigenvalue weighted by molar-refractivity contribution is 5.81. The molecule has 0 aliphatic rings. The van der Waals surface area contributed by atoms with Crippen molar-refractivity contribution >= 4 is 11.3 Å². The van der Waals surface area contributed by atoms with Gasteiger partial charge in [0.1, 0.15) is 5.78 Å². The molecular weight excluding hydrogens is 176 g/mol. The van der Waals surface area contributed by atoms with Gasteiger partial charge in [0.05, 0.1) is 11.7 Å². The molecule has 0 N–H and O–H groups in total. The molecule has 0 aliphatic carbocycles. The van der Waals surface area contributed by atoms with E-state index in [1.807, 2.05) is 29.8 Å². The van der Waals surface area contributed by atoms with Gasteiger partial charge < -0.3 is 0 Å². The molecule has 2 aromatic heterocycles. The maximum atomic E-state index is 11.0. The van der Waals surface area contributed by atoms with Crippen LogP contribution in [0.1, 0.15) is 18.1 Å². The van der Waals surface area contributed by atoms with Crippen molar-refractivity contribution in [1.82, 2.24) is 9.61 Å². The first-order chi connectivity index (χ1) is 6.68. The van der Waals surface area contributed by atoms with Crippen molar-refractivity contribution in [1.29, 1.82) is 0 Å².